The van der Waals surface area contributed by atoms with Gasteiger partial charge in [0.15, 0.2) is 0 Å². The van der Waals surface area contributed by atoms with E-state index in [1.807, 2.05) is 30.5 Å². The van der Waals surface area contributed by atoms with Gasteiger partial charge in [0.05, 0.1) is 11.2 Å². The Bertz CT molecular complexity index is 639. The topological polar surface area (TPSA) is 31.4 Å². The molecule has 0 atom stereocenters. The molecule has 0 spiro atoms. The minimum absolute atomic E-state index is 0.319. The third-order valence-electron chi connectivity index (χ3n) is 4.59. The Kier molecular flexibility index (Phi) is 3.83. The maximum atomic E-state index is 6.11. The van der Waals surface area contributed by atoms with Crippen LogP contribution >= 0.6 is 0 Å². The Morgan fingerprint density at radius 1 is 0.955 bits per heavy atom. The van der Waals surface area contributed by atoms with Gasteiger partial charge in [0.25, 0.3) is 0 Å². The van der Waals surface area contributed by atoms with Gasteiger partial charge < -0.3 is 9.31 Å². The van der Waals surface area contributed by atoms with Crippen molar-refractivity contribution in [3.05, 3.63) is 59.9 Å². The van der Waals surface area contributed by atoms with E-state index in [1.165, 1.54) is 5.56 Å². The van der Waals surface area contributed by atoms with Crippen LogP contribution in [-0.2, 0) is 15.7 Å². The fraction of sp³-hybridized carbons (Fsp3) is 0.389. The Balaban J connectivity index is 1.81. The first-order valence-corrected chi connectivity index (χ1v) is 7.72. The van der Waals surface area contributed by atoms with E-state index in [0.29, 0.717) is 0 Å². The molecule has 2 aromatic rings. The number of hydrogen-bond acceptors (Lipinski definition) is 3. The molecule has 3 nitrogen and oxygen atoms in total. The third kappa shape index (κ3) is 2.94. The van der Waals surface area contributed by atoms with Crippen LogP contribution in [0.15, 0.2) is 48.7 Å². The van der Waals surface area contributed by atoms with E-state index in [4.69, 9.17) is 9.31 Å². The van der Waals surface area contributed by atoms with Crippen LogP contribution in [0.4, 0.5) is 0 Å². The molecule has 0 N–H and O–H groups in total. The first-order chi connectivity index (χ1) is 10.4. The number of aromatic nitrogens is 1. The summed E-state index contributed by atoms with van der Waals surface area (Å²) >= 11 is 0. The van der Waals surface area contributed by atoms with E-state index >= 15 is 0 Å². The first kappa shape index (κ1) is 15.3. The molecule has 1 aliphatic heterocycles. The minimum atomic E-state index is -0.331. The Hall–Kier alpha value is -1.65. The molecule has 0 aliphatic carbocycles. The van der Waals surface area contributed by atoms with Crippen LogP contribution < -0.4 is 5.46 Å². The van der Waals surface area contributed by atoms with Gasteiger partial charge in [0.2, 0.25) is 0 Å². The van der Waals surface area contributed by atoms with E-state index in [2.05, 4.69) is 50.9 Å². The van der Waals surface area contributed by atoms with E-state index in [-0.39, 0.29) is 18.3 Å². The zero-order chi connectivity index (χ0) is 15.8. The summed E-state index contributed by atoms with van der Waals surface area (Å²) in [5.41, 5.74) is 2.67. The van der Waals surface area contributed by atoms with Crippen LogP contribution in [0, 0.1) is 0 Å². The second-order valence-corrected chi connectivity index (χ2v) is 6.83. The van der Waals surface area contributed by atoms with Gasteiger partial charge in [-0.25, -0.2) is 0 Å². The normalized spacial score (nSPS) is 19.4. The molecule has 0 bridgehead atoms. The molecule has 3 rings (SSSR count). The highest BCUT2D eigenvalue weighted by Gasteiger charge is 2.51. The number of rotatable bonds is 3. The summed E-state index contributed by atoms with van der Waals surface area (Å²) in [5.74, 6) is 0. The van der Waals surface area contributed by atoms with E-state index in [9.17, 15) is 0 Å². The molecule has 0 amide bonds. The maximum Gasteiger partial charge on any atom is 0.494 e. The fourth-order valence-electron chi connectivity index (χ4n) is 2.52. The lowest BCUT2D eigenvalue weighted by atomic mass is 9.79. The van der Waals surface area contributed by atoms with Gasteiger partial charge in [-0.2, -0.15) is 0 Å². The molecule has 0 radical (unpaired) electrons. The predicted molar refractivity (Wildman–Crippen MR) is 89.2 cm³/mol. The van der Waals surface area contributed by atoms with E-state index < -0.39 is 0 Å². The van der Waals surface area contributed by atoms with Gasteiger partial charge in [-0.3, -0.25) is 4.98 Å². The van der Waals surface area contributed by atoms with Gasteiger partial charge in [-0.15, -0.1) is 0 Å². The molecular formula is C18H22BNO2. The Morgan fingerprint density at radius 3 is 2.23 bits per heavy atom. The minimum Gasteiger partial charge on any atom is -0.399 e. The summed E-state index contributed by atoms with van der Waals surface area (Å²) in [4.78, 5) is 4.47. The molecule has 1 saturated heterocycles. The van der Waals surface area contributed by atoms with Crippen LogP contribution in [-0.4, -0.2) is 23.3 Å². The molecule has 1 aromatic heterocycles. The number of benzene rings is 1. The van der Waals surface area contributed by atoms with Crippen molar-refractivity contribution in [3.8, 4) is 0 Å². The zero-order valence-corrected chi connectivity index (χ0v) is 13.7. The van der Waals surface area contributed by atoms with Crippen LogP contribution in [0.1, 0.15) is 39.0 Å². The first-order valence-electron chi connectivity index (χ1n) is 7.72. The average molecular weight is 295 g/mol. The molecule has 1 fully saturated rings. The molecule has 22 heavy (non-hydrogen) atoms. The monoisotopic (exact) mass is 295 g/mol. The number of hydrogen-bond donors (Lipinski definition) is 0. The molecule has 114 valence electrons. The van der Waals surface area contributed by atoms with Gasteiger partial charge in [-0.05, 0) is 50.9 Å². The lowest BCUT2D eigenvalue weighted by molar-refractivity contribution is 0.00578. The van der Waals surface area contributed by atoms with Crippen LogP contribution in [0.5, 0.6) is 0 Å². The van der Waals surface area contributed by atoms with E-state index in [0.717, 1.165) is 17.6 Å². The molecule has 1 aliphatic rings. The zero-order valence-electron chi connectivity index (χ0n) is 13.7. The molecule has 4 heteroatoms. The van der Waals surface area contributed by atoms with Crippen molar-refractivity contribution < 1.29 is 9.31 Å². The molecule has 0 saturated carbocycles. The van der Waals surface area contributed by atoms with Crippen LogP contribution in [0.3, 0.4) is 0 Å². The van der Waals surface area contributed by atoms with Crippen molar-refractivity contribution in [3.63, 3.8) is 0 Å². The van der Waals surface area contributed by atoms with Crippen molar-refractivity contribution in [2.75, 3.05) is 0 Å². The maximum absolute atomic E-state index is 6.11. The smallest absolute Gasteiger partial charge is 0.399 e. The fourth-order valence-corrected chi connectivity index (χ4v) is 2.52. The number of pyridine rings is 1. The molecular weight excluding hydrogens is 273 g/mol. The Morgan fingerprint density at radius 2 is 1.59 bits per heavy atom. The van der Waals surface area contributed by atoms with E-state index in [1.54, 1.807) is 0 Å². The van der Waals surface area contributed by atoms with Gasteiger partial charge in [0, 0.05) is 18.3 Å². The quantitative estimate of drug-likeness (QED) is 0.816. The van der Waals surface area contributed by atoms with Gasteiger partial charge in [-0.1, -0.05) is 30.3 Å². The molecule has 2 heterocycles. The van der Waals surface area contributed by atoms with Crippen molar-refractivity contribution in [2.45, 2.75) is 45.3 Å². The van der Waals surface area contributed by atoms with Crippen molar-refractivity contribution in [1.82, 2.24) is 4.98 Å². The highest BCUT2D eigenvalue weighted by atomic mass is 16.7. The van der Waals surface area contributed by atoms with Crippen LogP contribution in [0.25, 0.3) is 0 Å². The lowest BCUT2D eigenvalue weighted by Crippen LogP contribution is -2.41. The summed E-state index contributed by atoms with van der Waals surface area (Å²) in [6, 6.07) is 14.4. The summed E-state index contributed by atoms with van der Waals surface area (Å²) in [5, 5.41) is 0. The largest absolute Gasteiger partial charge is 0.494 e. The summed E-state index contributed by atoms with van der Waals surface area (Å²) < 4.78 is 12.2. The number of nitrogens with zero attached hydrogens (tertiary/aromatic N) is 1. The molecule has 0 unspecified atom stereocenters. The van der Waals surface area contributed by atoms with Crippen molar-refractivity contribution >= 4 is 12.6 Å². The van der Waals surface area contributed by atoms with Crippen molar-refractivity contribution in [2.24, 2.45) is 0 Å². The van der Waals surface area contributed by atoms with Crippen LogP contribution in [0.2, 0.25) is 0 Å². The third-order valence-corrected chi connectivity index (χ3v) is 4.59. The lowest BCUT2D eigenvalue weighted by Gasteiger charge is -2.32. The summed E-state index contributed by atoms with van der Waals surface area (Å²) in [6.07, 6.45) is 2.65. The average Bonchev–Trinajstić information content (AvgIpc) is 2.69. The Labute approximate surface area is 132 Å². The van der Waals surface area contributed by atoms with Gasteiger partial charge in [0.1, 0.15) is 0 Å². The second kappa shape index (κ2) is 5.52. The SMILES string of the molecule is CC1(C)OB(c2ccnc(Cc3ccccc3)c2)OC1(C)C. The highest BCUT2D eigenvalue weighted by Crippen LogP contribution is 2.36. The standard InChI is InChI=1S/C18H22BNO2/c1-17(2)18(3,4)22-19(21-17)15-10-11-20-16(13-15)12-14-8-6-5-7-9-14/h5-11,13H,12H2,1-4H3. The van der Waals surface area contributed by atoms with Crippen molar-refractivity contribution in [1.29, 1.82) is 0 Å². The predicted octanol–water partition coefficient (Wildman–Crippen LogP) is 2.97. The summed E-state index contributed by atoms with van der Waals surface area (Å²) in [6.45, 7) is 8.27. The highest BCUT2D eigenvalue weighted by molar-refractivity contribution is 6.62. The summed E-state index contributed by atoms with van der Waals surface area (Å²) in [7, 11) is -0.331. The van der Waals surface area contributed by atoms with Gasteiger partial charge >= 0.3 is 7.12 Å². The molecule has 1 aromatic carbocycles. The second-order valence-electron chi connectivity index (χ2n) is 6.83.